The first-order chi connectivity index (χ1) is 4.77. The number of hydrogen-bond acceptors (Lipinski definition) is 1. The van der Waals surface area contributed by atoms with E-state index in [0.717, 1.165) is 12.6 Å². The van der Waals surface area contributed by atoms with Crippen LogP contribution in [0.2, 0.25) is 0 Å². The lowest BCUT2D eigenvalue weighted by Gasteiger charge is -1.90. The molecule has 0 unspecified atom stereocenters. The van der Waals surface area contributed by atoms with Gasteiger partial charge in [-0.3, -0.25) is 4.68 Å². The summed E-state index contributed by atoms with van der Waals surface area (Å²) in [4.78, 5) is 0. The summed E-state index contributed by atoms with van der Waals surface area (Å²) in [7, 11) is 6.27. The first-order valence-corrected chi connectivity index (χ1v) is 3.79. The third-order valence-electron chi connectivity index (χ3n) is 1.71. The van der Waals surface area contributed by atoms with E-state index in [0.29, 0.717) is 0 Å². The standard InChI is InChI=1S/C6H12B2N2/c1-10-4-5(2-7)6(3-8)9-10/h4H,2-3,7-8H2,1H3. The fraction of sp³-hybridized carbons (Fsp3) is 0.500. The molecule has 2 nitrogen and oxygen atoms in total. The SMILES string of the molecule is BCc1cn(C)nc1CB. The molecule has 0 aliphatic rings. The molecule has 4 heteroatoms. The van der Waals surface area contributed by atoms with Gasteiger partial charge < -0.3 is 0 Å². The average molecular weight is 134 g/mol. The van der Waals surface area contributed by atoms with Crippen molar-refractivity contribution < 1.29 is 0 Å². The Bertz CT molecular complexity index is 198. The van der Waals surface area contributed by atoms with E-state index in [-0.39, 0.29) is 0 Å². The predicted molar refractivity (Wildman–Crippen MR) is 47.7 cm³/mol. The molecule has 0 fully saturated rings. The summed E-state index contributed by atoms with van der Waals surface area (Å²) < 4.78 is 1.89. The van der Waals surface area contributed by atoms with Crippen LogP contribution < -0.4 is 0 Å². The Morgan fingerprint density at radius 1 is 1.50 bits per heavy atom. The van der Waals surface area contributed by atoms with E-state index >= 15 is 0 Å². The molecule has 1 rings (SSSR count). The van der Waals surface area contributed by atoms with Gasteiger partial charge in [0.25, 0.3) is 0 Å². The van der Waals surface area contributed by atoms with Crippen molar-refractivity contribution in [1.82, 2.24) is 9.78 Å². The van der Waals surface area contributed by atoms with Crippen molar-refractivity contribution in [3.63, 3.8) is 0 Å². The fourth-order valence-corrected chi connectivity index (χ4v) is 1.18. The molecule has 1 aromatic heterocycles. The maximum Gasteiger partial charge on any atom is 0.109 e. The molecule has 0 aliphatic heterocycles. The molecule has 0 amide bonds. The van der Waals surface area contributed by atoms with E-state index in [1.54, 1.807) is 0 Å². The largest absolute Gasteiger partial charge is 0.275 e. The van der Waals surface area contributed by atoms with Crippen molar-refractivity contribution in [3.05, 3.63) is 17.5 Å². The molecule has 52 valence electrons. The van der Waals surface area contributed by atoms with E-state index in [2.05, 4.69) is 27.0 Å². The monoisotopic (exact) mass is 134 g/mol. The van der Waals surface area contributed by atoms with E-state index in [4.69, 9.17) is 0 Å². The van der Waals surface area contributed by atoms with Crippen LogP contribution in [0.15, 0.2) is 6.20 Å². The van der Waals surface area contributed by atoms with Gasteiger partial charge in [-0.15, -0.1) is 0 Å². The summed E-state index contributed by atoms with van der Waals surface area (Å²) in [5.74, 6) is 0. The molecule has 0 saturated heterocycles. The summed E-state index contributed by atoms with van der Waals surface area (Å²) in [6.07, 6.45) is 4.24. The zero-order chi connectivity index (χ0) is 7.56. The van der Waals surface area contributed by atoms with Crippen LogP contribution in [0.5, 0.6) is 0 Å². The zero-order valence-electron chi connectivity index (χ0n) is 6.89. The van der Waals surface area contributed by atoms with Gasteiger partial charge in [0, 0.05) is 13.2 Å². The van der Waals surface area contributed by atoms with Crippen LogP contribution in [-0.4, -0.2) is 25.5 Å². The minimum Gasteiger partial charge on any atom is -0.275 e. The average Bonchev–Trinajstić information content (AvgIpc) is 2.30. The second kappa shape index (κ2) is 2.95. The van der Waals surface area contributed by atoms with E-state index in [9.17, 15) is 0 Å². The van der Waals surface area contributed by atoms with E-state index in [1.165, 1.54) is 11.3 Å². The number of aryl methyl sites for hydroxylation is 1. The van der Waals surface area contributed by atoms with Gasteiger partial charge in [0.15, 0.2) is 0 Å². The molecule has 0 aromatic carbocycles. The maximum absolute atomic E-state index is 4.32. The lowest BCUT2D eigenvalue weighted by molar-refractivity contribution is 0.754. The molecule has 0 aliphatic carbocycles. The molecule has 10 heavy (non-hydrogen) atoms. The van der Waals surface area contributed by atoms with Crippen LogP contribution in [0.25, 0.3) is 0 Å². The van der Waals surface area contributed by atoms with Crippen LogP contribution in [0, 0.1) is 0 Å². The third-order valence-corrected chi connectivity index (χ3v) is 1.71. The normalized spacial score (nSPS) is 10.1. The highest BCUT2D eigenvalue weighted by Crippen LogP contribution is 2.04. The van der Waals surface area contributed by atoms with Crippen molar-refractivity contribution in [3.8, 4) is 0 Å². The van der Waals surface area contributed by atoms with Gasteiger partial charge in [-0.1, -0.05) is 6.32 Å². The number of aromatic nitrogens is 2. The van der Waals surface area contributed by atoms with Gasteiger partial charge in [0.2, 0.25) is 0 Å². The van der Waals surface area contributed by atoms with Crippen molar-refractivity contribution in [2.24, 2.45) is 7.05 Å². The first kappa shape index (κ1) is 7.45. The quantitative estimate of drug-likeness (QED) is 0.459. The molecule has 0 N–H and O–H groups in total. The van der Waals surface area contributed by atoms with Crippen molar-refractivity contribution in [1.29, 1.82) is 0 Å². The number of rotatable bonds is 2. The van der Waals surface area contributed by atoms with Crippen molar-refractivity contribution in [2.75, 3.05) is 0 Å². The highest BCUT2D eigenvalue weighted by molar-refractivity contribution is 6.10. The highest BCUT2D eigenvalue weighted by atomic mass is 15.2. The Hall–Kier alpha value is -0.660. The second-order valence-electron chi connectivity index (χ2n) is 2.48. The van der Waals surface area contributed by atoms with Gasteiger partial charge in [-0.05, 0) is 11.9 Å². The van der Waals surface area contributed by atoms with Crippen LogP contribution in [-0.2, 0) is 19.7 Å². The lowest BCUT2D eigenvalue weighted by Crippen LogP contribution is -1.92. The zero-order valence-corrected chi connectivity index (χ0v) is 6.89. The Morgan fingerprint density at radius 3 is 2.60 bits per heavy atom. The molecule has 0 atom stereocenters. The molecular weight excluding hydrogens is 122 g/mol. The summed E-state index contributed by atoms with van der Waals surface area (Å²) >= 11 is 0. The van der Waals surface area contributed by atoms with Crippen LogP contribution >= 0.6 is 0 Å². The fourth-order valence-electron chi connectivity index (χ4n) is 1.18. The van der Waals surface area contributed by atoms with Crippen LogP contribution in [0.4, 0.5) is 0 Å². The van der Waals surface area contributed by atoms with Crippen LogP contribution in [0.1, 0.15) is 11.3 Å². The van der Waals surface area contributed by atoms with Gasteiger partial charge in [-0.25, -0.2) is 0 Å². The number of nitrogens with zero attached hydrogens (tertiary/aromatic N) is 2. The Kier molecular flexibility index (Phi) is 2.20. The van der Waals surface area contributed by atoms with Crippen molar-refractivity contribution in [2.45, 2.75) is 12.6 Å². The second-order valence-corrected chi connectivity index (χ2v) is 2.48. The van der Waals surface area contributed by atoms with Gasteiger partial charge in [0.1, 0.15) is 15.7 Å². The Morgan fingerprint density at radius 2 is 2.20 bits per heavy atom. The molecule has 0 bridgehead atoms. The minimum atomic E-state index is 1.05. The highest BCUT2D eigenvalue weighted by Gasteiger charge is 2.01. The van der Waals surface area contributed by atoms with E-state index in [1.807, 2.05) is 11.7 Å². The maximum atomic E-state index is 4.32. The predicted octanol–water partition coefficient (Wildman–Crippen LogP) is -1.31. The molecule has 0 saturated carbocycles. The third kappa shape index (κ3) is 1.25. The number of hydrogen-bond donors (Lipinski definition) is 0. The molecule has 0 spiro atoms. The molecule has 0 radical (unpaired) electrons. The van der Waals surface area contributed by atoms with E-state index < -0.39 is 0 Å². The van der Waals surface area contributed by atoms with Gasteiger partial charge >= 0.3 is 0 Å². The van der Waals surface area contributed by atoms with Gasteiger partial charge in [-0.2, -0.15) is 5.10 Å². The van der Waals surface area contributed by atoms with Gasteiger partial charge in [0.05, 0.1) is 5.69 Å². The Balaban J connectivity index is 2.96. The molecule has 1 heterocycles. The van der Waals surface area contributed by atoms with Crippen LogP contribution in [0.3, 0.4) is 0 Å². The molecular formula is C6H12B2N2. The summed E-state index contributed by atoms with van der Waals surface area (Å²) in [5.41, 5.74) is 2.62. The summed E-state index contributed by atoms with van der Waals surface area (Å²) in [5, 5.41) is 4.32. The van der Waals surface area contributed by atoms with Crippen molar-refractivity contribution >= 4 is 15.7 Å². The molecule has 1 aromatic rings. The Labute approximate surface area is 63.4 Å². The first-order valence-electron chi connectivity index (χ1n) is 3.79. The summed E-state index contributed by atoms with van der Waals surface area (Å²) in [6.45, 7) is 0. The lowest BCUT2D eigenvalue weighted by atomic mass is 9.92. The topological polar surface area (TPSA) is 17.8 Å². The summed E-state index contributed by atoms with van der Waals surface area (Å²) in [6, 6.07) is 0. The smallest absolute Gasteiger partial charge is 0.109 e. The minimum absolute atomic E-state index is 1.05.